The fourth-order valence-electron chi connectivity index (χ4n) is 1.40. The molecule has 0 atom stereocenters. The maximum Gasteiger partial charge on any atom is 0.230 e. The number of halogens is 2. The Morgan fingerprint density at radius 1 is 1.32 bits per heavy atom. The molecule has 0 unspecified atom stereocenters. The van der Waals surface area contributed by atoms with Crippen LogP contribution in [0.25, 0.3) is 0 Å². The number of rotatable bonds is 5. The molecule has 0 aliphatic carbocycles. The number of thiophene rings is 1. The number of hydrogen-bond acceptors (Lipinski definition) is 6. The predicted molar refractivity (Wildman–Crippen MR) is 83.4 cm³/mol. The fraction of sp³-hybridized carbons (Fsp3) is 0.364. The molecular formula is C11H13BrClN5S. The highest BCUT2D eigenvalue weighted by molar-refractivity contribution is 9.11. The molecule has 1 N–H and O–H groups in total. The first-order valence-corrected chi connectivity index (χ1v) is 7.60. The van der Waals surface area contributed by atoms with Crippen molar-refractivity contribution >= 4 is 50.8 Å². The molecule has 0 amide bonds. The van der Waals surface area contributed by atoms with Gasteiger partial charge in [0.25, 0.3) is 0 Å². The SMILES string of the molecule is CN(C)c1nc(Cl)nc(NCCc2ccc(Br)s2)n1. The van der Waals surface area contributed by atoms with Crippen molar-refractivity contribution in [2.24, 2.45) is 0 Å². The van der Waals surface area contributed by atoms with Gasteiger partial charge in [0.15, 0.2) is 0 Å². The van der Waals surface area contributed by atoms with Crippen molar-refractivity contribution in [2.45, 2.75) is 6.42 Å². The minimum absolute atomic E-state index is 0.195. The van der Waals surface area contributed by atoms with E-state index >= 15 is 0 Å². The van der Waals surface area contributed by atoms with Gasteiger partial charge in [0, 0.05) is 25.5 Å². The Morgan fingerprint density at radius 2 is 2.11 bits per heavy atom. The molecule has 19 heavy (non-hydrogen) atoms. The number of nitrogens with zero attached hydrogens (tertiary/aromatic N) is 4. The van der Waals surface area contributed by atoms with Gasteiger partial charge in [-0.3, -0.25) is 0 Å². The molecule has 0 saturated carbocycles. The lowest BCUT2D eigenvalue weighted by atomic mass is 10.3. The summed E-state index contributed by atoms with van der Waals surface area (Å²) in [6, 6.07) is 4.14. The van der Waals surface area contributed by atoms with Gasteiger partial charge >= 0.3 is 0 Å². The fourth-order valence-corrected chi connectivity index (χ4v) is 3.04. The van der Waals surface area contributed by atoms with E-state index in [1.165, 1.54) is 4.88 Å². The minimum atomic E-state index is 0.195. The zero-order valence-electron chi connectivity index (χ0n) is 10.5. The summed E-state index contributed by atoms with van der Waals surface area (Å²) in [4.78, 5) is 15.4. The van der Waals surface area contributed by atoms with Gasteiger partial charge in [0.2, 0.25) is 17.2 Å². The molecule has 0 radical (unpaired) electrons. The molecule has 8 heteroatoms. The van der Waals surface area contributed by atoms with Gasteiger partial charge in [-0.25, -0.2) is 0 Å². The van der Waals surface area contributed by atoms with Gasteiger partial charge in [-0.1, -0.05) is 0 Å². The number of hydrogen-bond donors (Lipinski definition) is 1. The molecular weight excluding hydrogens is 350 g/mol. The maximum absolute atomic E-state index is 5.86. The number of aromatic nitrogens is 3. The van der Waals surface area contributed by atoms with Gasteiger partial charge in [-0.05, 0) is 46.1 Å². The zero-order chi connectivity index (χ0) is 13.8. The predicted octanol–water partition coefficient (Wildman–Crippen LogP) is 3.07. The second-order valence-electron chi connectivity index (χ2n) is 4.01. The molecule has 2 heterocycles. The zero-order valence-corrected chi connectivity index (χ0v) is 13.7. The average molecular weight is 363 g/mol. The van der Waals surface area contributed by atoms with E-state index in [4.69, 9.17) is 11.6 Å². The van der Waals surface area contributed by atoms with Crippen LogP contribution in [0, 0.1) is 0 Å². The Hall–Kier alpha value is -0.920. The van der Waals surface area contributed by atoms with Crippen LogP contribution >= 0.6 is 38.9 Å². The molecule has 0 fully saturated rings. The normalized spacial score (nSPS) is 10.5. The molecule has 0 saturated heterocycles. The van der Waals surface area contributed by atoms with Crippen LogP contribution in [0.15, 0.2) is 15.9 Å². The van der Waals surface area contributed by atoms with Crippen LogP contribution < -0.4 is 10.2 Å². The Balaban J connectivity index is 1.95. The van der Waals surface area contributed by atoms with Crippen molar-refractivity contribution in [3.63, 3.8) is 0 Å². The van der Waals surface area contributed by atoms with Crippen LogP contribution in [-0.4, -0.2) is 35.6 Å². The van der Waals surface area contributed by atoms with Crippen LogP contribution in [0.3, 0.4) is 0 Å². The van der Waals surface area contributed by atoms with E-state index in [0.29, 0.717) is 11.9 Å². The Morgan fingerprint density at radius 3 is 2.74 bits per heavy atom. The highest BCUT2D eigenvalue weighted by atomic mass is 79.9. The molecule has 2 aromatic rings. The van der Waals surface area contributed by atoms with Gasteiger partial charge < -0.3 is 10.2 Å². The number of anilines is 2. The maximum atomic E-state index is 5.86. The van der Waals surface area contributed by atoms with Gasteiger partial charge in [0.1, 0.15) is 0 Å². The molecule has 2 aromatic heterocycles. The Kier molecular flexibility index (Phi) is 4.95. The van der Waals surface area contributed by atoms with E-state index in [1.54, 1.807) is 16.2 Å². The highest BCUT2D eigenvalue weighted by Crippen LogP contribution is 2.22. The van der Waals surface area contributed by atoms with Crippen LogP contribution in [0.2, 0.25) is 5.28 Å². The van der Waals surface area contributed by atoms with Crippen LogP contribution in [-0.2, 0) is 6.42 Å². The van der Waals surface area contributed by atoms with Crippen molar-refractivity contribution in [2.75, 3.05) is 30.9 Å². The van der Waals surface area contributed by atoms with Crippen LogP contribution in [0.1, 0.15) is 4.88 Å². The smallest absolute Gasteiger partial charge is 0.230 e. The summed E-state index contributed by atoms with van der Waals surface area (Å²) in [5, 5.41) is 3.35. The first-order chi connectivity index (χ1) is 9.04. The van der Waals surface area contributed by atoms with E-state index in [2.05, 4.69) is 42.3 Å². The van der Waals surface area contributed by atoms with E-state index in [1.807, 2.05) is 20.2 Å². The summed E-state index contributed by atoms with van der Waals surface area (Å²) in [7, 11) is 3.72. The lowest BCUT2D eigenvalue weighted by molar-refractivity contribution is 0.933. The quantitative estimate of drug-likeness (QED) is 0.886. The summed E-state index contributed by atoms with van der Waals surface area (Å²) in [6.45, 7) is 0.750. The average Bonchev–Trinajstić information content (AvgIpc) is 2.74. The molecule has 5 nitrogen and oxygen atoms in total. The molecule has 102 valence electrons. The molecule has 0 aliphatic rings. The second-order valence-corrected chi connectivity index (χ2v) is 6.89. The highest BCUT2D eigenvalue weighted by Gasteiger charge is 2.06. The van der Waals surface area contributed by atoms with Gasteiger partial charge in [-0.15, -0.1) is 11.3 Å². The summed E-state index contributed by atoms with van der Waals surface area (Å²) in [5.41, 5.74) is 0. The molecule has 0 spiro atoms. The molecule has 0 aliphatic heterocycles. The lowest BCUT2D eigenvalue weighted by Gasteiger charge is -2.11. The largest absolute Gasteiger partial charge is 0.354 e. The summed E-state index contributed by atoms with van der Waals surface area (Å²) < 4.78 is 1.14. The Bertz CT molecular complexity index is 560. The molecule has 2 rings (SSSR count). The van der Waals surface area contributed by atoms with Gasteiger partial charge in [-0.2, -0.15) is 15.0 Å². The third-order valence-electron chi connectivity index (χ3n) is 2.28. The van der Waals surface area contributed by atoms with Crippen LogP contribution in [0.5, 0.6) is 0 Å². The third kappa shape index (κ3) is 4.29. The Labute approximate surface area is 129 Å². The summed E-state index contributed by atoms with van der Waals surface area (Å²) >= 11 is 11.0. The third-order valence-corrected chi connectivity index (χ3v) is 4.13. The van der Waals surface area contributed by atoms with Crippen molar-refractivity contribution in [1.82, 2.24) is 15.0 Å². The van der Waals surface area contributed by atoms with E-state index < -0.39 is 0 Å². The van der Waals surface area contributed by atoms with Crippen molar-refractivity contribution < 1.29 is 0 Å². The number of nitrogens with one attached hydrogen (secondary N) is 1. The lowest BCUT2D eigenvalue weighted by Crippen LogP contribution is -2.16. The standard InChI is InChI=1S/C11H13BrClN5S/c1-18(2)11-16-9(13)15-10(17-11)14-6-5-7-3-4-8(12)19-7/h3-4H,5-6H2,1-2H3,(H,14,15,16,17). The van der Waals surface area contributed by atoms with Crippen molar-refractivity contribution in [3.05, 3.63) is 26.1 Å². The minimum Gasteiger partial charge on any atom is -0.354 e. The molecule has 0 bridgehead atoms. The van der Waals surface area contributed by atoms with E-state index in [0.717, 1.165) is 16.8 Å². The molecule has 0 aromatic carbocycles. The van der Waals surface area contributed by atoms with E-state index in [-0.39, 0.29) is 5.28 Å². The summed E-state index contributed by atoms with van der Waals surface area (Å²) in [5.74, 6) is 1.04. The topological polar surface area (TPSA) is 53.9 Å². The van der Waals surface area contributed by atoms with E-state index in [9.17, 15) is 0 Å². The van der Waals surface area contributed by atoms with Crippen molar-refractivity contribution in [3.8, 4) is 0 Å². The first kappa shape index (κ1) is 14.5. The first-order valence-electron chi connectivity index (χ1n) is 5.61. The van der Waals surface area contributed by atoms with Crippen LogP contribution in [0.4, 0.5) is 11.9 Å². The summed E-state index contributed by atoms with van der Waals surface area (Å²) in [6.07, 6.45) is 0.914. The van der Waals surface area contributed by atoms with Gasteiger partial charge in [0.05, 0.1) is 3.79 Å². The van der Waals surface area contributed by atoms with Crippen molar-refractivity contribution in [1.29, 1.82) is 0 Å². The second kappa shape index (κ2) is 6.49. The monoisotopic (exact) mass is 361 g/mol.